The molecule has 0 aliphatic rings. The molecule has 4 heteroatoms. The molecule has 0 aliphatic carbocycles. The highest BCUT2D eigenvalue weighted by atomic mass is 16.2. The second kappa shape index (κ2) is 6.89. The van der Waals surface area contributed by atoms with Crippen molar-refractivity contribution in [3.63, 3.8) is 0 Å². The summed E-state index contributed by atoms with van der Waals surface area (Å²) in [4.78, 5) is 25.8. The van der Waals surface area contributed by atoms with Crippen molar-refractivity contribution in [2.24, 2.45) is 0 Å². The third kappa shape index (κ3) is 4.43. The van der Waals surface area contributed by atoms with Crippen LogP contribution in [0, 0.1) is 0 Å². The van der Waals surface area contributed by atoms with Crippen LogP contribution in [-0.2, 0) is 9.59 Å². The quantitative estimate of drug-likeness (QED) is 0.711. The lowest BCUT2D eigenvalue weighted by atomic mass is 10.1. The van der Waals surface area contributed by atoms with Crippen molar-refractivity contribution < 1.29 is 9.59 Å². The summed E-state index contributed by atoms with van der Waals surface area (Å²) in [6.45, 7) is 14.1. The van der Waals surface area contributed by atoms with E-state index in [0.29, 0.717) is 6.42 Å². The molecular weight excluding hydrogens is 216 g/mol. The van der Waals surface area contributed by atoms with Gasteiger partial charge in [-0.05, 0) is 32.7 Å². The van der Waals surface area contributed by atoms with Crippen LogP contribution in [0.2, 0.25) is 0 Å². The largest absolute Gasteiger partial charge is 0.317 e. The minimum Gasteiger partial charge on any atom is -0.317 e. The monoisotopic (exact) mass is 238 g/mol. The second-order valence-electron chi connectivity index (χ2n) is 4.15. The van der Waals surface area contributed by atoms with Gasteiger partial charge in [-0.25, -0.2) is 0 Å². The Hall–Kier alpha value is -1.58. The summed E-state index contributed by atoms with van der Waals surface area (Å²) in [7, 11) is 0. The third-order valence-electron chi connectivity index (χ3n) is 2.75. The van der Waals surface area contributed by atoms with Gasteiger partial charge in [0, 0.05) is 25.9 Å². The molecule has 2 atom stereocenters. The minimum absolute atomic E-state index is 0.00167. The number of rotatable bonds is 6. The Bertz CT molecular complexity index is 283. The highest BCUT2D eigenvalue weighted by Crippen LogP contribution is 2.13. The van der Waals surface area contributed by atoms with Gasteiger partial charge in [-0.1, -0.05) is 13.2 Å². The average molecular weight is 238 g/mol. The molecule has 0 fully saturated rings. The molecule has 0 aromatic carbocycles. The first-order valence-corrected chi connectivity index (χ1v) is 5.68. The van der Waals surface area contributed by atoms with Gasteiger partial charge in [-0.2, -0.15) is 0 Å². The molecule has 0 heterocycles. The van der Waals surface area contributed by atoms with Crippen molar-refractivity contribution in [3.05, 3.63) is 25.6 Å². The van der Waals surface area contributed by atoms with Crippen LogP contribution in [0.3, 0.4) is 0 Å². The maximum absolute atomic E-state index is 11.3. The Kier molecular flexibility index (Phi) is 6.25. The normalized spacial score (nSPS) is 13.4. The van der Waals surface area contributed by atoms with Gasteiger partial charge in [0.05, 0.1) is 0 Å². The lowest BCUT2D eigenvalue weighted by molar-refractivity contribution is -0.129. The van der Waals surface area contributed by atoms with E-state index in [9.17, 15) is 9.59 Å². The molecule has 0 aromatic rings. The standard InChI is InChI=1S/C13H22N2O2/c1-7-14(12(5)16)10(3)9-11(4)15(8-2)13(6)17/h7-8,10-11H,1-2,9H2,3-6H3. The zero-order valence-electron chi connectivity index (χ0n) is 11.1. The molecule has 4 nitrogen and oxygen atoms in total. The Labute approximate surface area is 104 Å². The van der Waals surface area contributed by atoms with E-state index in [4.69, 9.17) is 0 Å². The van der Waals surface area contributed by atoms with Gasteiger partial charge in [-0.15, -0.1) is 0 Å². The second-order valence-corrected chi connectivity index (χ2v) is 4.15. The molecule has 0 bridgehead atoms. The first-order valence-electron chi connectivity index (χ1n) is 5.68. The molecule has 0 saturated carbocycles. The maximum Gasteiger partial charge on any atom is 0.223 e. The molecule has 0 spiro atoms. The molecule has 0 aliphatic heterocycles. The zero-order chi connectivity index (χ0) is 13.6. The first kappa shape index (κ1) is 15.4. The summed E-state index contributed by atoms with van der Waals surface area (Å²) < 4.78 is 0. The summed E-state index contributed by atoms with van der Waals surface area (Å²) in [5, 5.41) is 0. The molecular formula is C13H22N2O2. The topological polar surface area (TPSA) is 40.6 Å². The van der Waals surface area contributed by atoms with Gasteiger partial charge in [0.15, 0.2) is 0 Å². The minimum atomic E-state index is -0.0484. The van der Waals surface area contributed by atoms with Crippen LogP contribution in [-0.4, -0.2) is 33.7 Å². The van der Waals surface area contributed by atoms with E-state index in [1.165, 1.54) is 26.2 Å². The van der Waals surface area contributed by atoms with E-state index < -0.39 is 0 Å². The average Bonchev–Trinajstić information content (AvgIpc) is 2.17. The molecule has 0 rings (SSSR count). The summed E-state index contributed by atoms with van der Waals surface area (Å²) in [5.41, 5.74) is 0. The summed E-state index contributed by atoms with van der Waals surface area (Å²) in [6.07, 6.45) is 3.72. The molecule has 0 N–H and O–H groups in total. The van der Waals surface area contributed by atoms with E-state index in [2.05, 4.69) is 13.2 Å². The van der Waals surface area contributed by atoms with Crippen LogP contribution in [0.5, 0.6) is 0 Å². The van der Waals surface area contributed by atoms with Crippen molar-refractivity contribution in [3.8, 4) is 0 Å². The molecule has 17 heavy (non-hydrogen) atoms. The molecule has 96 valence electrons. The Morgan fingerprint density at radius 2 is 1.29 bits per heavy atom. The molecule has 0 saturated heterocycles. The van der Waals surface area contributed by atoms with Crippen molar-refractivity contribution in [2.45, 2.75) is 46.2 Å². The Morgan fingerprint density at radius 3 is 1.47 bits per heavy atom. The molecule has 2 amide bonds. The lowest BCUT2D eigenvalue weighted by Crippen LogP contribution is -2.40. The van der Waals surface area contributed by atoms with Crippen LogP contribution in [0.4, 0.5) is 0 Å². The van der Waals surface area contributed by atoms with Crippen LogP contribution in [0.15, 0.2) is 25.6 Å². The zero-order valence-corrected chi connectivity index (χ0v) is 11.1. The smallest absolute Gasteiger partial charge is 0.223 e. The predicted molar refractivity (Wildman–Crippen MR) is 69.0 cm³/mol. The van der Waals surface area contributed by atoms with Crippen molar-refractivity contribution in [1.82, 2.24) is 9.80 Å². The van der Waals surface area contributed by atoms with E-state index in [-0.39, 0.29) is 23.9 Å². The summed E-state index contributed by atoms with van der Waals surface area (Å²) in [6, 6.07) is 0.00333. The van der Waals surface area contributed by atoms with Gasteiger partial charge in [0.1, 0.15) is 0 Å². The molecule has 0 radical (unpaired) electrons. The third-order valence-corrected chi connectivity index (χ3v) is 2.75. The van der Waals surface area contributed by atoms with Crippen LogP contribution in [0.1, 0.15) is 34.1 Å². The fraction of sp³-hybridized carbons (Fsp3) is 0.538. The maximum atomic E-state index is 11.3. The number of nitrogens with zero attached hydrogens (tertiary/aromatic N) is 2. The van der Waals surface area contributed by atoms with E-state index >= 15 is 0 Å². The van der Waals surface area contributed by atoms with Gasteiger partial charge in [-0.3, -0.25) is 9.59 Å². The fourth-order valence-electron chi connectivity index (χ4n) is 1.96. The number of amides is 2. The van der Waals surface area contributed by atoms with E-state index in [1.807, 2.05) is 13.8 Å². The number of carbonyl (C=O) groups excluding carboxylic acids is 2. The summed E-state index contributed by atoms with van der Waals surface area (Å²) >= 11 is 0. The predicted octanol–water partition coefficient (Wildman–Crippen LogP) is 2.14. The highest BCUT2D eigenvalue weighted by Gasteiger charge is 2.20. The van der Waals surface area contributed by atoms with Crippen molar-refractivity contribution in [1.29, 1.82) is 0 Å². The molecule has 0 aromatic heterocycles. The Balaban J connectivity index is 4.60. The number of hydrogen-bond acceptors (Lipinski definition) is 2. The van der Waals surface area contributed by atoms with Gasteiger partial charge >= 0.3 is 0 Å². The van der Waals surface area contributed by atoms with Gasteiger partial charge in [0.25, 0.3) is 0 Å². The summed E-state index contributed by atoms with van der Waals surface area (Å²) in [5.74, 6) is -0.0969. The number of carbonyl (C=O) groups is 2. The van der Waals surface area contributed by atoms with Crippen LogP contribution >= 0.6 is 0 Å². The number of hydrogen-bond donors (Lipinski definition) is 0. The highest BCUT2D eigenvalue weighted by molar-refractivity contribution is 5.75. The Morgan fingerprint density at radius 1 is 1.00 bits per heavy atom. The van der Waals surface area contributed by atoms with Crippen LogP contribution < -0.4 is 0 Å². The fourth-order valence-corrected chi connectivity index (χ4v) is 1.96. The lowest BCUT2D eigenvalue weighted by Gasteiger charge is -2.31. The van der Waals surface area contributed by atoms with E-state index in [1.54, 1.807) is 9.80 Å². The SMILES string of the molecule is C=CN(C(C)=O)C(C)CC(C)N(C=C)C(C)=O. The first-order chi connectivity index (χ1) is 7.84. The van der Waals surface area contributed by atoms with E-state index in [0.717, 1.165) is 0 Å². The van der Waals surface area contributed by atoms with Crippen LogP contribution in [0.25, 0.3) is 0 Å². The van der Waals surface area contributed by atoms with Gasteiger partial charge in [0.2, 0.25) is 11.8 Å². The van der Waals surface area contributed by atoms with Gasteiger partial charge < -0.3 is 9.80 Å². The molecule has 2 unspecified atom stereocenters. The van der Waals surface area contributed by atoms with Crippen molar-refractivity contribution in [2.75, 3.05) is 0 Å². The van der Waals surface area contributed by atoms with Crippen molar-refractivity contribution >= 4 is 11.8 Å².